The van der Waals surface area contributed by atoms with E-state index in [2.05, 4.69) is 56.3 Å². The van der Waals surface area contributed by atoms with Gasteiger partial charge in [-0.3, -0.25) is 0 Å². The molecule has 0 fully saturated rings. The fourth-order valence-corrected chi connectivity index (χ4v) is 1.95. The van der Waals surface area contributed by atoms with Crippen LogP contribution in [0.25, 0.3) is 5.57 Å². The van der Waals surface area contributed by atoms with Gasteiger partial charge in [-0.1, -0.05) is 55.0 Å². The summed E-state index contributed by atoms with van der Waals surface area (Å²) in [5.74, 6) is 0.654. The van der Waals surface area contributed by atoms with E-state index in [0.717, 1.165) is 0 Å². The number of aryl methyl sites for hydroxylation is 1. The van der Waals surface area contributed by atoms with Gasteiger partial charge in [-0.15, -0.1) is 0 Å². The van der Waals surface area contributed by atoms with Gasteiger partial charge in [-0.2, -0.15) is 0 Å². The van der Waals surface area contributed by atoms with Gasteiger partial charge in [0.1, 0.15) is 0 Å². The van der Waals surface area contributed by atoms with Gasteiger partial charge < -0.3 is 0 Å². The highest BCUT2D eigenvalue weighted by molar-refractivity contribution is 5.70. The molecule has 0 N–H and O–H groups in total. The maximum absolute atomic E-state index is 2.29. The van der Waals surface area contributed by atoms with Gasteiger partial charge in [0.25, 0.3) is 0 Å². The van der Waals surface area contributed by atoms with Gasteiger partial charge in [0.2, 0.25) is 0 Å². The number of hydrogen-bond acceptors (Lipinski definition) is 0. The van der Waals surface area contributed by atoms with Gasteiger partial charge in [-0.25, -0.2) is 0 Å². The molecule has 0 aromatic heterocycles. The third kappa shape index (κ3) is 1.79. The minimum Gasteiger partial charge on any atom is -0.0839 e. The summed E-state index contributed by atoms with van der Waals surface area (Å²) in [7, 11) is 0. The molecule has 0 nitrogen and oxygen atoms in total. The lowest BCUT2D eigenvalue weighted by atomic mass is 9.88. The molecule has 1 aliphatic rings. The maximum atomic E-state index is 2.29. The van der Waals surface area contributed by atoms with Crippen LogP contribution in [0.2, 0.25) is 0 Å². The molecule has 0 amide bonds. The minimum atomic E-state index is 0.654. The second kappa shape index (κ2) is 3.83. The molecule has 1 unspecified atom stereocenters. The predicted molar refractivity (Wildman–Crippen MR) is 62.1 cm³/mol. The molecule has 72 valence electrons. The van der Waals surface area contributed by atoms with E-state index in [1.807, 2.05) is 0 Å². The Morgan fingerprint density at radius 2 is 2.14 bits per heavy atom. The summed E-state index contributed by atoms with van der Waals surface area (Å²) in [6, 6.07) is 8.75. The Kier molecular flexibility index (Phi) is 2.53. The normalized spacial score (nSPS) is 20.7. The highest BCUT2D eigenvalue weighted by Gasteiger charge is 2.11. The molecule has 1 aromatic carbocycles. The van der Waals surface area contributed by atoms with Crippen LogP contribution >= 0.6 is 0 Å². The minimum absolute atomic E-state index is 0.654. The predicted octanol–water partition coefficient (Wildman–Crippen LogP) is 3.97. The summed E-state index contributed by atoms with van der Waals surface area (Å²) in [6.07, 6.45) is 7.81. The summed E-state index contributed by atoms with van der Waals surface area (Å²) in [5.41, 5.74) is 4.18. The molecule has 0 heterocycles. The van der Waals surface area contributed by atoms with Crippen LogP contribution in [0.3, 0.4) is 0 Å². The van der Waals surface area contributed by atoms with Crippen molar-refractivity contribution in [3.63, 3.8) is 0 Å². The molecule has 0 radical (unpaired) electrons. The van der Waals surface area contributed by atoms with E-state index >= 15 is 0 Å². The van der Waals surface area contributed by atoms with Crippen molar-refractivity contribution in [2.45, 2.75) is 20.3 Å². The zero-order chi connectivity index (χ0) is 9.97. The molecule has 2 rings (SSSR count). The molecule has 0 heteroatoms. The molecule has 14 heavy (non-hydrogen) atoms. The largest absolute Gasteiger partial charge is 0.0839 e. The highest BCUT2D eigenvalue weighted by atomic mass is 14.2. The van der Waals surface area contributed by atoms with Crippen molar-refractivity contribution in [3.8, 4) is 0 Å². The topological polar surface area (TPSA) is 0 Å². The molecule has 1 aromatic rings. The summed E-state index contributed by atoms with van der Waals surface area (Å²) >= 11 is 0. The lowest BCUT2D eigenvalue weighted by Crippen LogP contribution is -2.00. The molecule has 0 aliphatic heterocycles. The van der Waals surface area contributed by atoms with Crippen molar-refractivity contribution in [2.75, 3.05) is 0 Å². The molecule has 0 bridgehead atoms. The van der Waals surface area contributed by atoms with Gasteiger partial charge in [0.05, 0.1) is 0 Å². The number of rotatable bonds is 1. The Morgan fingerprint density at radius 3 is 2.86 bits per heavy atom. The second-order valence-corrected chi connectivity index (χ2v) is 4.06. The summed E-state index contributed by atoms with van der Waals surface area (Å²) in [5, 5.41) is 0. The third-order valence-corrected chi connectivity index (χ3v) is 2.78. The lowest BCUT2D eigenvalue weighted by molar-refractivity contribution is 0.758. The fourth-order valence-electron chi connectivity index (χ4n) is 1.95. The summed E-state index contributed by atoms with van der Waals surface area (Å²) in [4.78, 5) is 0. The molecular formula is C14H16. The van der Waals surface area contributed by atoms with Crippen LogP contribution in [0.15, 0.2) is 42.5 Å². The smallest absolute Gasteiger partial charge is 0.0150 e. The van der Waals surface area contributed by atoms with Crippen molar-refractivity contribution in [2.24, 2.45) is 5.92 Å². The number of benzene rings is 1. The van der Waals surface area contributed by atoms with Gasteiger partial charge in [-0.05, 0) is 30.4 Å². The molecule has 1 aliphatic carbocycles. The maximum Gasteiger partial charge on any atom is -0.0150 e. The average Bonchev–Trinajstić information content (AvgIpc) is 2.18. The van der Waals surface area contributed by atoms with Crippen molar-refractivity contribution in [1.82, 2.24) is 0 Å². The molecule has 0 saturated heterocycles. The molecule has 0 spiro atoms. The van der Waals surface area contributed by atoms with Crippen LogP contribution in [0.1, 0.15) is 24.5 Å². The van der Waals surface area contributed by atoms with Crippen LogP contribution in [-0.2, 0) is 0 Å². The Balaban J connectivity index is 2.39. The van der Waals surface area contributed by atoms with Crippen LogP contribution < -0.4 is 0 Å². The summed E-state index contributed by atoms with van der Waals surface area (Å²) < 4.78 is 0. The van der Waals surface area contributed by atoms with Crippen LogP contribution in [-0.4, -0.2) is 0 Å². The number of hydrogen-bond donors (Lipinski definition) is 0. The first-order valence-electron chi connectivity index (χ1n) is 5.21. The van der Waals surface area contributed by atoms with Crippen molar-refractivity contribution >= 4 is 5.57 Å². The molecule has 1 atom stereocenters. The van der Waals surface area contributed by atoms with Crippen LogP contribution in [0.5, 0.6) is 0 Å². The highest BCUT2D eigenvalue weighted by Crippen LogP contribution is 2.29. The van der Waals surface area contributed by atoms with E-state index in [1.165, 1.54) is 23.1 Å². The Morgan fingerprint density at radius 1 is 1.29 bits per heavy atom. The zero-order valence-corrected chi connectivity index (χ0v) is 8.83. The quantitative estimate of drug-likeness (QED) is 0.619. The Bertz CT molecular complexity index is 383. The first kappa shape index (κ1) is 9.26. The van der Waals surface area contributed by atoms with Gasteiger partial charge in [0.15, 0.2) is 0 Å². The lowest BCUT2D eigenvalue weighted by Gasteiger charge is -2.17. The van der Waals surface area contributed by atoms with Crippen molar-refractivity contribution in [3.05, 3.63) is 53.6 Å². The van der Waals surface area contributed by atoms with Crippen LogP contribution in [0, 0.1) is 12.8 Å². The van der Waals surface area contributed by atoms with E-state index in [9.17, 15) is 0 Å². The van der Waals surface area contributed by atoms with Gasteiger partial charge >= 0.3 is 0 Å². The SMILES string of the molecule is Cc1cccc(C2=CC=CCC2C)c1. The number of allylic oxidation sites excluding steroid dienone is 4. The Hall–Kier alpha value is -1.30. The third-order valence-electron chi connectivity index (χ3n) is 2.78. The zero-order valence-electron chi connectivity index (χ0n) is 8.83. The fraction of sp³-hybridized carbons (Fsp3) is 0.286. The van der Waals surface area contributed by atoms with E-state index in [1.54, 1.807) is 0 Å². The van der Waals surface area contributed by atoms with Crippen molar-refractivity contribution in [1.29, 1.82) is 0 Å². The van der Waals surface area contributed by atoms with E-state index < -0.39 is 0 Å². The van der Waals surface area contributed by atoms with Gasteiger partial charge in [0, 0.05) is 0 Å². The Labute approximate surface area is 86.0 Å². The monoisotopic (exact) mass is 184 g/mol. The first-order valence-corrected chi connectivity index (χ1v) is 5.21. The summed E-state index contributed by atoms with van der Waals surface area (Å²) in [6.45, 7) is 4.44. The van der Waals surface area contributed by atoms with Crippen LogP contribution in [0.4, 0.5) is 0 Å². The van der Waals surface area contributed by atoms with E-state index in [-0.39, 0.29) is 0 Å². The van der Waals surface area contributed by atoms with E-state index in [0.29, 0.717) is 5.92 Å². The molecule has 0 saturated carbocycles. The second-order valence-electron chi connectivity index (χ2n) is 4.06. The first-order chi connectivity index (χ1) is 6.77. The molecular weight excluding hydrogens is 168 g/mol. The standard InChI is InChI=1S/C14H16/c1-11-6-5-8-13(10-11)14-9-4-3-7-12(14)2/h3-6,8-10,12H,7H2,1-2H3. The van der Waals surface area contributed by atoms with E-state index in [4.69, 9.17) is 0 Å². The average molecular weight is 184 g/mol. The van der Waals surface area contributed by atoms with Crippen molar-refractivity contribution < 1.29 is 0 Å².